The SMILES string of the molecule is CC(CNC(=O)c1cccc(S(=O)(=O)Nc2ccc(F)cc2)c1)c1ccccc1. The first-order valence-electron chi connectivity index (χ1n) is 9.07. The van der Waals surface area contributed by atoms with Gasteiger partial charge in [0.05, 0.1) is 4.90 Å². The first-order chi connectivity index (χ1) is 13.8. The lowest BCUT2D eigenvalue weighted by molar-refractivity contribution is 0.0951. The molecule has 0 heterocycles. The molecule has 0 aliphatic rings. The van der Waals surface area contributed by atoms with Gasteiger partial charge in [0.2, 0.25) is 0 Å². The molecule has 29 heavy (non-hydrogen) atoms. The van der Waals surface area contributed by atoms with E-state index in [9.17, 15) is 17.6 Å². The molecule has 1 unspecified atom stereocenters. The molecule has 0 aliphatic heterocycles. The van der Waals surface area contributed by atoms with Crippen molar-refractivity contribution in [2.24, 2.45) is 0 Å². The lowest BCUT2D eigenvalue weighted by atomic mass is 10.0. The van der Waals surface area contributed by atoms with E-state index in [2.05, 4.69) is 10.0 Å². The second kappa shape index (κ2) is 8.87. The molecule has 0 spiro atoms. The molecule has 150 valence electrons. The van der Waals surface area contributed by atoms with Crippen molar-refractivity contribution in [3.63, 3.8) is 0 Å². The first kappa shape index (κ1) is 20.5. The Morgan fingerprint density at radius 1 is 0.966 bits per heavy atom. The highest BCUT2D eigenvalue weighted by molar-refractivity contribution is 7.92. The maximum atomic E-state index is 13.0. The van der Waals surface area contributed by atoms with E-state index in [1.54, 1.807) is 6.07 Å². The van der Waals surface area contributed by atoms with Gasteiger partial charge in [0.25, 0.3) is 15.9 Å². The second-order valence-electron chi connectivity index (χ2n) is 6.66. The highest BCUT2D eigenvalue weighted by Gasteiger charge is 2.17. The number of nitrogens with one attached hydrogen (secondary N) is 2. The molecule has 2 N–H and O–H groups in total. The third-order valence-corrected chi connectivity index (χ3v) is 5.82. The zero-order valence-electron chi connectivity index (χ0n) is 15.8. The number of carbonyl (C=O) groups excluding carboxylic acids is 1. The Kier molecular flexibility index (Phi) is 6.29. The van der Waals surface area contributed by atoms with Crippen molar-refractivity contribution in [3.8, 4) is 0 Å². The van der Waals surface area contributed by atoms with Crippen molar-refractivity contribution in [1.82, 2.24) is 5.32 Å². The van der Waals surface area contributed by atoms with Crippen molar-refractivity contribution in [1.29, 1.82) is 0 Å². The minimum atomic E-state index is -3.91. The van der Waals surface area contributed by atoms with Crippen molar-refractivity contribution in [3.05, 3.63) is 95.8 Å². The summed E-state index contributed by atoms with van der Waals surface area (Å²) >= 11 is 0. The Balaban J connectivity index is 1.69. The van der Waals surface area contributed by atoms with E-state index < -0.39 is 15.8 Å². The van der Waals surface area contributed by atoms with Crippen LogP contribution >= 0.6 is 0 Å². The van der Waals surface area contributed by atoms with Gasteiger partial charge in [0.15, 0.2) is 0 Å². The average Bonchev–Trinajstić information content (AvgIpc) is 2.74. The van der Waals surface area contributed by atoms with Crippen molar-refractivity contribution >= 4 is 21.6 Å². The van der Waals surface area contributed by atoms with Gasteiger partial charge in [-0.25, -0.2) is 12.8 Å². The normalized spacial score (nSPS) is 12.2. The minimum Gasteiger partial charge on any atom is -0.351 e. The lowest BCUT2D eigenvalue weighted by Gasteiger charge is -2.14. The van der Waals surface area contributed by atoms with Crippen LogP contribution in [0, 0.1) is 5.82 Å². The van der Waals surface area contributed by atoms with Crippen LogP contribution in [0.1, 0.15) is 28.8 Å². The van der Waals surface area contributed by atoms with Crippen molar-refractivity contribution < 1.29 is 17.6 Å². The summed E-state index contributed by atoms with van der Waals surface area (Å²) in [7, 11) is -3.91. The Morgan fingerprint density at radius 3 is 2.34 bits per heavy atom. The van der Waals surface area contributed by atoms with Gasteiger partial charge in [-0.1, -0.05) is 43.3 Å². The summed E-state index contributed by atoms with van der Waals surface area (Å²) in [4.78, 5) is 12.4. The summed E-state index contributed by atoms with van der Waals surface area (Å²) in [6.45, 7) is 2.43. The second-order valence-corrected chi connectivity index (χ2v) is 8.34. The van der Waals surface area contributed by atoms with Gasteiger partial charge in [-0.15, -0.1) is 0 Å². The number of carbonyl (C=O) groups is 1. The van der Waals surface area contributed by atoms with Crippen LogP contribution in [0.25, 0.3) is 0 Å². The monoisotopic (exact) mass is 412 g/mol. The Hall–Kier alpha value is -3.19. The number of hydrogen-bond donors (Lipinski definition) is 2. The van der Waals surface area contributed by atoms with E-state index in [0.29, 0.717) is 6.54 Å². The highest BCUT2D eigenvalue weighted by atomic mass is 32.2. The molecule has 3 rings (SSSR count). The molecule has 1 amide bonds. The molecule has 7 heteroatoms. The van der Waals surface area contributed by atoms with Gasteiger partial charge in [0, 0.05) is 17.8 Å². The van der Waals surface area contributed by atoms with Gasteiger partial charge in [0.1, 0.15) is 5.82 Å². The van der Waals surface area contributed by atoms with Gasteiger partial charge >= 0.3 is 0 Å². The summed E-state index contributed by atoms with van der Waals surface area (Å²) in [6.07, 6.45) is 0. The lowest BCUT2D eigenvalue weighted by Crippen LogP contribution is -2.27. The van der Waals surface area contributed by atoms with Crippen LogP contribution in [0.5, 0.6) is 0 Å². The summed E-state index contributed by atoms with van der Waals surface area (Å²) in [6, 6.07) is 20.6. The van der Waals surface area contributed by atoms with Gasteiger partial charge in [-0.2, -0.15) is 0 Å². The van der Waals surface area contributed by atoms with Crippen LogP contribution in [0.15, 0.2) is 83.8 Å². The smallest absolute Gasteiger partial charge is 0.261 e. The standard InChI is InChI=1S/C22H21FN2O3S/c1-16(17-6-3-2-4-7-17)15-24-22(26)18-8-5-9-21(14-18)29(27,28)25-20-12-10-19(23)11-13-20/h2-14,16,25H,15H2,1H3,(H,24,26). The number of hydrogen-bond acceptors (Lipinski definition) is 3. The number of benzene rings is 3. The average molecular weight is 412 g/mol. The Bertz CT molecular complexity index is 1080. The van der Waals surface area contributed by atoms with Crippen LogP contribution in [0.2, 0.25) is 0 Å². The van der Waals surface area contributed by atoms with Crippen LogP contribution in [-0.2, 0) is 10.0 Å². The maximum Gasteiger partial charge on any atom is 0.261 e. The van der Waals surface area contributed by atoms with Gasteiger partial charge in [-0.05, 0) is 53.9 Å². The molecule has 3 aromatic rings. The molecule has 0 aliphatic carbocycles. The third kappa shape index (κ3) is 5.42. The number of amides is 1. The van der Waals surface area contributed by atoms with Crippen molar-refractivity contribution in [2.75, 3.05) is 11.3 Å². The van der Waals surface area contributed by atoms with E-state index in [1.165, 1.54) is 30.3 Å². The predicted octanol–water partition coefficient (Wildman–Crippen LogP) is 4.16. The van der Waals surface area contributed by atoms with Crippen LogP contribution < -0.4 is 10.0 Å². The first-order valence-corrected chi connectivity index (χ1v) is 10.5. The molecular weight excluding hydrogens is 391 g/mol. The fraction of sp³-hybridized carbons (Fsp3) is 0.136. The van der Waals surface area contributed by atoms with E-state index in [-0.39, 0.29) is 28.0 Å². The molecule has 0 radical (unpaired) electrons. The Labute approximate surface area is 169 Å². The van der Waals surface area contributed by atoms with Gasteiger partial charge < -0.3 is 5.32 Å². The molecule has 0 bridgehead atoms. The predicted molar refractivity (Wildman–Crippen MR) is 111 cm³/mol. The molecule has 0 saturated heterocycles. The number of halogens is 1. The zero-order chi connectivity index (χ0) is 20.9. The summed E-state index contributed by atoms with van der Waals surface area (Å²) < 4.78 is 40.5. The minimum absolute atomic E-state index is 0.0504. The fourth-order valence-electron chi connectivity index (χ4n) is 2.78. The largest absolute Gasteiger partial charge is 0.351 e. The number of anilines is 1. The summed E-state index contributed by atoms with van der Waals surface area (Å²) in [5, 5.41) is 2.84. The fourth-order valence-corrected chi connectivity index (χ4v) is 3.89. The van der Waals surface area contributed by atoms with Gasteiger partial charge in [-0.3, -0.25) is 9.52 Å². The summed E-state index contributed by atoms with van der Waals surface area (Å²) in [5.41, 5.74) is 1.58. The van der Waals surface area contributed by atoms with E-state index in [0.717, 1.165) is 17.7 Å². The summed E-state index contributed by atoms with van der Waals surface area (Å²) in [5.74, 6) is -0.699. The van der Waals surface area contributed by atoms with Crippen LogP contribution in [0.3, 0.4) is 0 Å². The molecule has 0 aromatic heterocycles. The molecule has 5 nitrogen and oxygen atoms in total. The molecule has 0 fully saturated rings. The number of rotatable bonds is 7. The molecule has 1 atom stereocenters. The molecule has 3 aromatic carbocycles. The highest BCUT2D eigenvalue weighted by Crippen LogP contribution is 2.18. The van der Waals surface area contributed by atoms with E-state index in [4.69, 9.17) is 0 Å². The maximum absolute atomic E-state index is 13.0. The van der Waals surface area contributed by atoms with Crippen LogP contribution in [-0.4, -0.2) is 20.9 Å². The zero-order valence-corrected chi connectivity index (χ0v) is 16.6. The topological polar surface area (TPSA) is 75.3 Å². The van der Waals surface area contributed by atoms with Crippen LogP contribution in [0.4, 0.5) is 10.1 Å². The van der Waals surface area contributed by atoms with E-state index in [1.807, 2.05) is 37.3 Å². The number of sulfonamides is 1. The third-order valence-electron chi connectivity index (χ3n) is 4.44. The molecular formula is C22H21FN2O3S. The Morgan fingerprint density at radius 2 is 1.66 bits per heavy atom. The molecule has 0 saturated carbocycles. The van der Waals surface area contributed by atoms with Crippen molar-refractivity contribution in [2.45, 2.75) is 17.7 Å². The quantitative estimate of drug-likeness (QED) is 0.612. The van der Waals surface area contributed by atoms with E-state index >= 15 is 0 Å².